The molecule has 3 rings (SSSR count). The number of rotatable bonds is 7. The van der Waals surface area contributed by atoms with Gasteiger partial charge in [-0.25, -0.2) is 0 Å². The second kappa shape index (κ2) is 8.18. The molecule has 31 heavy (non-hydrogen) atoms. The molecule has 1 aliphatic carbocycles. The second-order valence-electron chi connectivity index (χ2n) is 10.6. The van der Waals surface area contributed by atoms with Gasteiger partial charge in [-0.1, -0.05) is 38.8 Å². The van der Waals surface area contributed by atoms with Crippen molar-refractivity contribution in [3.05, 3.63) is 11.6 Å². The number of allylic oxidation sites excluding steroid dienone is 1. The van der Waals surface area contributed by atoms with Crippen molar-refractivity contribution in [2.45, 2.75) is 98.1 Å². The molecule has 2 aliphatic heterocycles. The molecule has 0 radical (unpaired) electrons. The van der Waals surface area contributed by atoms with Crippen LogP contribution in [0.3, 0.4) is 0 Å². The van der Waals surface area contributed by atoms with E-state index in [0.29, 0.717) is 19.3 Å². The van der Waals surface area contributed by atoms with Crippen LogP contribution in [-0.2, 0) is 19.2 Å². The Kier molecular flexibility index (Phi) is 6.25. The third-order valence-corrected chi connectivity index (χ3v) is 8.15. The third-order valence-electron chi connectivity index (χ3n) is 8.15. The van der Waals surface area contributed by atoms with Crippen LogP contribution in [0.4, 0.5) is 0 Å². The highest BCUT2D eigenvalue weighted by molar-refractivity contribution is 6.08. The van der Waals surface area contributed by atoms with Crippen molar-refractivity contribution >= 4 is 23.6 Å². The van der Waals surface area contributed by atoms with E-state index < -0.39 is 28.8 Å². The third kappa shape index (κ3) is 3.66. The Labute approximate surface area is 186 Å². The van der Waals surface area contributed by atoms with Gasteiger partial charge in [0.1, 0.15) is 0 Å². The molecule has 4 atom stereocenters. The van der Waals surface area contributed by atoms with Crippen LogP contribution in [0.15, 0.2) is 11.6 Å². The average molecular weight is 431 g/mol. The minimum absolute atomic E-state index is 0.104. The Hall–Kier alpha value is -1.98. The Balaban J connectivity index is 1.88. The van der Waals surface area contributed by atoms with Gasteiger partial charge in [-0.15, -0.1) is 0 Å². The van der Waals surface area contributed by atoms with Gasteiger partial charge in [0.05, 0.1) is 17.8 Å². The van der Waals surface area contributed by atoms with Crippen molar-refractivity contribution in [3.63, 3.8) is 0 Å². The molecule has 6 nitrogen and oxygen atoms in total. The molecule has 4 unspecified atom stereocenters. The number of nitrogens with zero attached hydrogens (tertiary/aromatic N) is 2. The van der Waals surface area contributed by atoms with Crippen LogP contribution in [0.2, 0.25) is 0 Å². The first-order chi connectivity index (χ1) is 14.4. The van der Waals surface area contributed by atoms with Gasteiger partial charge < -0.3 is 0 Å². The quantitative estimate of drug-likeness (QED) is 0.450. The second-order valence-corrected chi connectivity index (χ2v) is 10.6. The van der Waals surface area contributed by atoms with Crippen LogP contribution in [0.5, 0.6) is 0 Å². The number of hydrogen-bond acceptors (Lipinski definition) is 4. The lowest BCUT2D eigenvalue weighted by molar-refractivity contribution is -0.148. The molecule has 0 aromatic heterocycles. The van der Waals surface area contributed by atoms with Crippen molar-refractivity contribution in [2.24, 2.45) is 23.7 Å². The van der Waals surface area contributed by atoms with Crippen molar-refractivity contribution < 1.29 is 19.2 Å². The molecule has 0 aromatic carbocycles. The summed E-state index contributed by atoms with van der Waals surface area (Å²) in [4.78, 5) is 55.7. The largest absolute Gasteiger partial charge is 0.277 e. The summed E-state index contributed by atoms with van der Waals surface area (Å²) in [5.74, 6) is -1.96. The number of fused-ring (bicyclic) bond motifs is 1. The number of carbonyl (C=O) groups excluding carboxylic acids is 4. The van der Waals surface area contributed by atoms with E-state index in [0.717, 1.165) is 18.4 Å². The minimum atomic E-state index is -0.506. The smallest absolute Gasteiger partial charge is 0.237 e. The van der Waals surface area contributed by atoms with Crippen molar-refractivity contribution in [1.29, 1.82) is 0 Å². The Morgan fingerprint density at radius 3 is 2.03 bits per heavy atom. The lowest BCUT2D eigenvalue weighted by Crippen LogP contribution is -2.49. The lowest BCUT2D eigenvalue weighted by Gasteiger charge is -2.36. The first-order valence-electron chi connectivity index (χ1n) is 11.9. The van der Waals surface area contributed by atoms with Gasteiger partial charge >= 0.3 is 0 Å². The number of amides is 4. The maximum atomic E-state index is 13.4. The number of likely N-dealkylation sites (tertiary alicyclic amines) is 2. The molecule has 172 valence electrons. The Morgan fingerprint density at radius 1 is 0.903 bits per heavy atom. The maximum absolute atomic E-state index is 13.4. The highest BCUT2D eigenvalue weighted by Gasteiger charge is 2.57. The summed E-state index contributed by atoms with van der Waals surface area (Å²) in [7, 11) is 0. The maximum Gasteiger partial charge on any atom is 0.237 e. The zero-order valence-corrected chi connectivity index (χ0v) is 20.2. The van der Waals surface area contributed by atoms with Gasteiger partial charge in [0.2, 0.25) is 23.6 Å². The summed E-state index contributed by atoms with van der Waals surface area (Å²) in [5.41, 5.74) is -0.127. The average Bonchev–Trinajstić information content (AvgIpc) is 3.14. The summed E-state index contributed by atoms with van der Waals surface area (Å²) >= 11 is 0. The standard InChI is InChI=1S/C25H38N2O4/c1-8-11-24(5,6)26-19(28)14-17(21(26)29)16-12-15(4)20-18(13-16)22(30)27(23(20)31)25(7,9-2)10-3/h12,16-18,20H,8-11,13-14H2,1-7H3. The summed E-state index contributed by atoms with van der Waals surface area (Å²) in [6, 6.07) is 0. The van der Waals surface area contributed by atoms with Gasteiger partial charge in [0.25, 0.3) is 0 Å². The molecule has 0 spiro atoms. The zero-order valence-electron chi connectivity index (χ0n) is 20.2. The highest BCUT2D eigenvalue weighted by Crippen LogP contribution is 2.47. The molecule has 6 heteroatoms. The molecular formula is C25H38N2O4. The van der Waals surface area contributed by atoms with E-state index in [9.17, 15) is 19.2 Å². The zero-order chi connectivity index (χ0) is 23.3. The molecule has 2 heterocycles. The molecule has 0 N–H and O–H groups in total. The van der Waals surface area contributed by atoms with E-state index in [1.807, 2.05) is 54.5 Å². The molecule has 3 aliphatic rings. The molecule has 0 bridgehead atoms. The first kappa shape index (κ1) is 23.7. The fraction of sp³-hybridized carbons (Fsp3) is 0.760. The van der Waals surface area contributed by atoms with E-state index in [1.165, 1.54) is 9.80 Å². The number of hydrogen-bond donors (Lipinski definition) is 0. The van der Waals surface area contributed by atoms with Crippen LogP contribution in [0, 0.1) is 23.7 Å². The van der Waals surface area contributed by atoms with Crippen LogP contribution in [0.25, 0.3) is 0 Å². The van der Waals surface area contributed by atoms with Gasteiger partial charge in [-0.2, -0.15) is 0 Å². The normalized spacial score (nSPS) is 29.7. The first-order valence-corrected chi connectivity index (χ1v) is 11.9. The molecule has 2 saturated heterocycles. The predicted octanol–water partition coefficient (Wildman–Crippen LogP) is 4.09. The molecule has 2 fully saturated rings. The molecule has 4 amide bonds. The van der Waals surface area contributed by atoms with E-state index in [4.69, 9.17) is 0 Å². The van der Waals surface area contributed by atoms with E-state index in [-0.39, 0.29) is 36.0 Å². The monoisotopic (exact) mass is 430 g/mol. The van der Waals surface area contributed by atoms with Crippen molar-refractivity contribution in [1.82, 2.24) is 9.80 Å². The van der Waals surface area contributed by atoms with Gasteiger partial charge in [0.15, 0.2) is 0 Å². The highest BCUT2D eigenvalue weighted by atomic mass is 16.2. The predicted molar refractivity (Wildman–Crippen MR) is 119 cm³/mol. The van der Waals surface area contributed by atoms with Gasteiger partial charge in [0, 0.05) is 17.5 Å². The van der Waals surface area contributed by atoms with E-state index >= 15 is 0 Å². The number of imide groups is 2. The topological polar surface area (TPSA) is 74.8 Å². The fourth-order valence-electron chi connectivity index (χ4n) is 6.01. The van der Waals surface area contributed by atoms with E-state index in [2.05, 4.69) is 0 Å². The van der Waals surface area contributed by atoms with Crippen LogP contribution < -0.4 is 0 Å². The summed E-state index contributed by atoms with van der Waals surface area (Å²) in [6.07, 6.45) is 5.71. The minimum Gasteiger partial charge on any atom is -0.277 e. The fourth-order valence-corrected chi connectivity index (χ4v) is 6.01. The van der Waals surface area contributed by atoms with Crippen molar-refractivity contribution in [2.75, 3.05) is 0 Å². The molecule has 0 saturated carbocycles. The van der Waals surface area contributed by atoms with Gasteiger partial charge in [-0.05, 0) is 59.3 Å². The summed E-state index contributed by atoms with van der Waals surface area (Å²) in [5, 5.41) is 0. The summed E-state index contributed by atoms with van der Waals surface area (Å²) in [6.45, 7) is 13.8. The molecular weight excluding hydrogens is 392 g/mol. The van der Waals surface area contributed by atoms with E-state index in [1.54, 1.807) is 0 Å². The Bertz CT molecular complexity index is 823. The van der Waals surface area contributed by atoms with Crippen LogP contribution in [0.1, 0.15) is 87.0 Å². The van der Waals surface area contributed by atoms with Crippen LogP contribution >= 0.6 is 0 Å². The van der Waals surface area contributed by atoms with Crippen molar-refractivity contribution in [3.8, 4) is 0 Å². The SMILES string of the molecule is CCCC(C)(C)N1C(=O)CC(C2C=C(C)C3C(=O)N(C(C)(CC)CC)C(=O)C3C2)C1=O. The van der Waals surface area contributed by atoms with Crippen LogP contribution in [-0.4, -0.2) is 44.5 Å². The lowest BCUT2D eigenvalue weighted by atomic mass is 9.71. The van der Waals surface area contributed by atoms with Gasteiger partial charge in [-0.3, -0.25) is 29.0 Å². The Morgan fingerprint density at radius 2 is 1.48 bits per heavy atom. The molecule has 0 aromatic rings. The summed E-state index contributed by atoms with van der Waals surface area (Å²) < 4.78 is 0. The number of carbonyl (C=O) groups is 4.